The van der Waals surface area contributed by atoms with Crippen molar-refractivity contribution in [3.8, 4) is 0 Å². The highest BCUT2D eigenvalue weighted by molar-refractivity contribution is 6.33. The summed E-state index contributed by atoms with van der Waals surface area (Å²) in [6, 6.07) is 6.66. The Morgan fingerprint density at radius 2 is 2.05 bits per heavy atom. The predicted octanol–water partition coefficient (Wildman–Crippen LogP) is 1.11. The molecule has 2 rings (SSSR count). The minimum absolute atomic E-state index is 0.113. The fourth-order valence-corrected chi connectivity index (χ4v) is 1.76. The zero-order valence-corrected chi connectivity index (χ0v) is 11.3. The van der Waals surface area contributed by atoms with E-state index in [1.807, 2.05) is 0 Å². The van der Waals surface area contributed by atoms with Crippen molar-refractivity contribution in [1.29, 1.82) is 0 Å². The van der Waals surface area contributed by atoms with Crippen LogP contribution >= 0.6 is 11.6 Å². The van der Waals surface area contributed by atoms with E-state index >= 15 is 0 Å². The van der Waals surface area contributed by atoms with Gasteiger partial charge in [0, 0.05) is 6.20 Å². The van der Waals surface area contributed by atoms with Gasteiger partial charge in [0.25, 0.3) is 5.91 Å². The van der Waals surface area contributed by atoms with Crippen LogP contribution in [0, 0.1) is 0 Å². The molecular formula is C13H13ClN4O2. The molecule has 0 saturated heterocycles. The number of nitrogens with zero attached hydrogens (tertiary/aromatic N) is 1. The van der Waals surface area contributed by atoms with Gasteiger partial charge in [0.15, 0.2) is 0 Å². The van der Waals surface area contributed by atoms with Crippen molar-refractivity contribution >= 4 is 23.4 Å². The van der Waals surface area contributed by atoms with E-state index in [0.717, 1.165) is 5.69 Å². The van der Waals surface area contributed by atoms with E-state index in [-0.39, 0.29) is 18.4 Å². The standard InChI is InChI=1S/C13H13ClN4O2/c14-11-4-2-1-3-10(11)13(20)17-7-12(19)16-6-9-5-15-8-18-9/h1-5,8H,6-7H2,(H,15,18)(H,16,19)(H,17,20). The fourth-order valence-electron chi connectivity index (χ4n) is 1.54. The lowest BCUT2D eigenvalue weighted by Gasteiger charge is -2.07. The number of amides is 2. The molecule has 0 saturated carbocycles. The van der Waals surface area contributed by atoms with Crippen LogP contribution in [0.1, 0.15) is 16.1 Å². The van der Waals surface area contributed by atoms with Crippen LogP contribution < -0.4 is 10.6 Å². The maximum absolute atomic E-state index is 11.8. The number of hydrogen-bond donors (Lipinski definition) is 3. The van der Waals surface area contributed by atoms with Crippen LogP contribution in [-0.2, 0) is 11.3 Å². The number of carbonyl (C=O) groups is 2. The molecule has 0 atom stereocenters. The van der Waals surface area contributed by atoms with Gasteiger partial charge in [-0.2, -0.15) is 0 Å². The van der Waals surface area contributed by atoms with Gasteiger partial charge in [-0.1, -0.05) is 23.7 Å². The number of halogens is 1. The summed E-state index contributed by atoms with van der Waals surface area (Å²) in [7, 11) is 0. The first-order chi connectivity index (χ1) is 9.66. The lowest BCUT2D eigenvalue weighted by molar-refractivity contribution is -0.120. The normalized spacial score (nSPS) is 10.1. The monoisotopic (exact) mass is 292 g/mol. The summed E-state index contributed by atoms with van der Waals surface area (Å²) in [5, 5.41) is 5.51. The highest BCUT2D eigenvalue weighted by atomic mass is 35.5. The number of imidazole rings is 1. The number of aromatic amines is 1. The molecule has 0 aliphatic carbocycles. The van der Waals surface area contributed by atoms with E-state index in [1.54, 1.807) is 30.5 Å². The van der Waals surface area contributed by atoms with Gasteiger partial charge < -0.3 is 15.6 Å². The predicted molar refractivity (Wildman–Crippen MR) is 74.2 cm³/mol. The summed E-state index contributed by atoms with van der Waals surface area (Å²) in [4.78, 5) is 30.1. The van der Waals surface area contributed by atoms with Gasteiger partial charge in [-0.05, 0) is 12.1 Å². The van der Waals surface area contributed by atoms with Crippen LogP contribution in [0.2, 0.25) is 5.02 Å². The Labute approximate surface area is 120 Å². The van der Waals surface area contributed by atoms with Gasteiger partial charge >= 0.3 is 0 Å². The molecule has 1 aromatic carbocycles. The molecule has 7 heteroatoms. The molecule has 0 bridgehead atoms. The Bertz CT molecular complexity index is 598. The van der Waals surface area contributed by atoms with Crippen LogP contribution in [0.4, 0.5) is 0 Å². The van der Waals surface area contributed by atoms with E-state index < -0.39 is 0 Å². The minimum Gasteiger partial charge on any atom is -0.349 e. The van der Waals surface area contributed by atoms with Gasteiger partial charge in [-0.3, -0.25) is 9.59 Å². The quantitative estimate of drug-likeness (QED) is 0.771. The van der Waals surface area contributed by atoms with Crippen LogP contribution in [0.5, 0.6) is 0 Å². The van der Waals surface area contributed by atoms with Crippen LogP contribution in [-0.4, -0.2) is 28.3 Å². The smallest absolute Gasteiger partial charge is 0.253 e. The van der Waals surface area contributed by atoms with Gasteiger partial charge in [0.1, 0.15) is 0 Å². The molecule has 1 heterocycles. The number of aromatic nitrogens is 2. The Morgan fingerprint density at radius 3 is 2.75 bits per heavy atom. The molecule has 104 valence electrons. The lowest BCUT2D eigenvalue weighted by Crippen LogP contribution is -2.36. The van der Waals surface area contributed by atoms with E-state index in [1.165, 1.54) is 6.33 Å². The summed E-state index contributed by atoms with van der Waals surface area (Å²) in [5.41, 5.74) is 1.13. The van der Waals surface area contributed by atoms with Crippen molar-refractivity contribution in [3.05, 3.63) is 53.1 Å². The number of rotatable bonds is 5. The Balaban J connectivity index is 1.78. The molecular weight excluding hydrogens is 280 g/mol. The number of H-pyrrole nitrogens is 1. The van der Waals surface area contributed by atoms with Gasteiger partial charge in [0.2, 0.25) is 5.91 Å². The number of hydrogen-bond acceptors (Lipinski definition) is 3. The van der Waals surface area contributed by atoms with Gasteiger partial charge in [0.05, 0.1) is 35.7 Å². The highest BCUT2D eigenvalue weighted by Gasteiger charge is 2.10. The molecule has 6 nitrogen and oxygen atoms in total. The van der Waals surface area contributed by atoms with Crippen LogP contribution in [0.25, 0.3) is 0 Å². The summed E-state index contributed by atoms with van der Waals surface area (Å²) in [6.45, 7) is 0.221. The van der Waals surface area contributed by atoms with Crippen molar-refractivity contribution < 1.29 is 9.59 Å². The summed E-state index contributed by atoms with van der Waals surface area (Å²) in [6.07, 6.45) is 3.14. The number of carbonyl (C=O) groups excluding carboxylic acids is 2. The Morgan fingerprint density at radius 1 is 1.25 bits per heavy atom. The maximum atomic E-state index is 11.8. The third-order valence-corrected chi connectivity index (χ3v) is 2.89. The molecule has 0 radical (unpaired) electrons. The molecule has 0 spiro atoms. The first-order valence-corrected chi connectivity index (χ1v) is 6.31. The molecule has 0 aliphatic rings. The van der Waals surface area contributed by atoms with E-state index in [4.69, 9.17) is 11.6 Å². The third kappa shape index (κ3) is 3.83. The maximum Gasteiger partial charge on any atom is 0.253 e. The largest absolute Gasteiger partial charge is 0.349 e. The van der Waals surface area contributed by atoms with E-state index in [0.29, 0.717) is 17.1 Å². The SMILES string of the molecule is O=C(CNC(=O)c1ccccc1Cl)NCc1cnc[nH]1. The average molecular weight is 293 g/mol. The summed E-state index contributed by atoms with van der Waals surface area (Å²) >= 11 is 5.89. The van der Waals surface area contributed by atoms with Crippen LogP contribution in [0.3, 0.4) is 0 Å². The van der Waals surface area contributed by atoms with Gasteiger partial charge in [-0.25, -0.2) is 4.98 Å². The topological polar surface area (TPSA) is 86.9 Å². The highest BCUT2D eigenvalue weighted by Crippen LogP contribution is 2.14. The second kappa shape index (κ2) is 6.72. The summed E-state index contributed by atoms with van der Waals surface area (Å²) in [5.74, 6) is -0.674. The van der Waals surface area contributed by atoms with Gasteiger partial charge in [-0.15, -0.1) is 0 Å². The number of benzene rings is 1. The zero-order chi connectivity index (χ0) is 14.4. The van der Waals surface area contributed by atoms with E-state index in [9.17, 15) is 9.59 Å². The van der Waals surface area contributed by atoms with Crippen molar-refractivity contribution in [2.45, 2.75) is 6.54 Å². The van der Waals surface area contributed by atoms with Crippen molar-refractivity contribution in [1.82, 2.24) is 20.6 Å². The van der Waals surface area contributed by atoms with E-state index in [2.05, 4.69) is 20.6 Å². The molecule has 20 heavy (non-hydrogen) atoms. The third-order valence-electron chi connectivity index (χ3n) is 2.56. The molecule has 0 fully saturated rings. The molecule has 0 unspecified atom stereocenters. The van der Waals surface area contributed by atoms with Crippen molar-refractivity contribution in [2.24, 2.45) is 0 Å². The Kier molecular flexibility index (Phi) is 4.73. The number of nitrogens with one attached hydrogen (secondary N) is 3. The zero-order valence-electron chi connectivity index (χ0n) is 10.5. The molecule has 3 N–H and O–H groups in total. The van der Waals surface area contributed by atoms with Crippen molar-refractivity contribution in [3.63, 3.8) is 0 Å². The van der Waals surface area contributed by atoms with Crippen molar-refractivity contribution in [2.75, 3.05) is 6.54 Å². The lowest BCUT2D eigenvalue weighted by atomic mass is 10.2. The molecule has 2 amide bonds. The average Bonchev–Trinajstić information content (AvgIpc) is 2.96. The first-order valence-electron chi connectivity index (χ1n) is 5.93. The second-order valence-electron chi connectivity index (χ2n) is 4.02. The summed E-state index contributed by atoms with van der Waals surface area (Å²) < 4.78 is 0. The molecule has 1 aromatic heterocycles. The second-order valence-corrected chi connectivity index (χ2v) is 4.42. The molecule has 2 aromatic rings. The Hall–Kier alpha value is -2.34. The van der Waals surface area contributed by atoms with Crippen LogP contribution in [0.15, 0.2) is 36.8 Å². The molecule has 0 aliphatic heterocycles. The fraction of sp³-hybridized carbons (Fsp3) is 0.154. The first kappa shape index (κ1) is 14.1. The minimum atomic E-state index is -0.382.